The topological polar surface area (TPSA) is 78.9 Å². The molecule has 1 heterocycles. The summed E-state index contributed by atoms with van der Waals surface area (Å²) in [5.74, 6) is -1.27. The van der Waals surface area contributed by atoms with E-state index in [-0.39, 0.29) is 18.4 Å². The largest absolute Gasteiger partial charge is 0.481 e. The molecule has 1 fully saturated rings. The number of carboxylic acid groups (broad SMARTS) is 1. The Balaban J connectivity index is 2.32. The first-order chi connectivity index (χ1) is 8.06. The van der Waals surface area contributed by atoms with E-state index in [9.17, 15) is 9.59 Å². The molecule has 6 nitrogen and oxygen atoms in total. The Morgan fingerprint density at radius 3 is 2.71 bits per heavy atom. The smallest absolute Gasteiger partial charge is 0.308 e. The van der Waals surface area contributed by atoms with E-state index in [1.54, 1.807) is 12.0 Å². The molecule has 0 aromatic rings. The second-order valence-corrected chi connectivity index (χ2v) is 4.39. The number of hydrogen-bond acceptors (Lipinski definition) is 4. The van der Waals surface area contributed by atoms with Gasteiger partial charge in [-0.1, -0.05) is 6.92 Å². The lowest BCUT2D eigenvalue weighted by Crippen LogP contribution is -2.38. The zero-order valence-corrected chi connectivity index (χ0v) is 10.3. The molecule has 0 bridgehead atoms. The third-order valence-corrected chi connectivity index (χ3v) is 3.04. The van der Waals surface area contributed by atoms with Gasteiger partial charge in [-0.2, -0.15) is 0 Å². The number of carbonyl (C=O) groups is 2. The fourth-order valence-corrected chi connectivity index (χ4v) is 1.97. The van der Waals surface area contributed by atoms with E-state index >= 15 is 0 Å². The van der Waals surface area contributed by atoms with Gasteiger partial charge in [-0.15, -0.1) is 0 Å². The van der Waals surface area contributed by atoms with Crippen molar-refractivity contribution in [3.63, 3.8) is 0 Å². The molecule has 0 spiro atoms. The lowest BCUT2D eigenvalue weighted by atomic mass is 9.99. The minimum atomic E-state index is -0.819. The van der Waals surface area contributed by atoms with Crippen molar-refractivity contribution in [2.75, 3.05) is 39.9 Å². The number of methoxy groups -OCH3 is 1. The molecular weight excluding hydrogens is 224 g/mol. The monoisotopic (exact) mass is 244 g/mol. The number of nitrogens with one attached hydrogen (secondary N) is 1. The highest BCUT2D eigenvalue weighted by molar-refractivity contribution is 5.80. The number of amides is 1. The Kier molecular flexibility index (Phi) is 5.37. The minimum Gasteiger partial charge on any atom is -0.481 e. The van der Waals surface area contributed by atoms with Crippen molar-refractivity contribution in [1.29, 1.82) is 0 Å². The van der Waals surface area contributed by atoms with Gasteiger partial charge in [0.15, 0.2) is 0 Å². The molecule has 0 saturated carbocycles. The summed E-state index contributed by atoms with van der Waals surface area (Å²) < 4.78 is 4.85. The predicted molar refractivity (Wildman–Crippen MR) is 61.6 cm³/mol. The van der Waals surface area contributed by atoms with Crippen LogP contribution in [0, 0.1) is 11.8 Å². The number of carboxylic acids is 1. The number of rotatable bonds is 6. The van der Waals surface area contributed by atoms with Crippen molar-refractivity contribution in [3.8, 4) is 0 Å². The SMILES string of the molecule is COCCNCC(=O)N1CC(C)C(C(=O)O)C1. The molecule has 0 aromatic heterocycles. The molecular formula is C11H20N2O4. The van der Waals surface area contributed by atoms with Crippen molar-refractivity contribution < 1.29 is 19.4 Å². The van der Waals surface area contributed by atoms with E-state index in [1.165, 1.54) is 0 Å². The summed E-state index contributed by atoms with van der Waals surface area (Å²) in [6.45, 7) is 4.13. The van der Waals surface area contributed by atoms with Gasteiger partial charge in [0, 0.05) is 26.7 Å². The van der Waals surface area contributed by atoms with Gasteiger partial charge in [-0.05, 0) is 5.92 Å². The average molecular weight is 244 g/mol. The number of hydrogen-bond donors (Lipinski definition) is 2. The highest BCUT2D eigenvalue weighted by Crippen LogP contribution is 2.22. The number of ether oxygens (including phenoxy) is 1. The van der Waals surface area contributed by atoms with Crippen molar-refractivity contribution in [2.24, 2.45) is 11.8 Å². The van der Waals surface area contributed by atoms with Gasteiger partial charge in [0.05, 0.1) is 19.1 Å². The van der Waals surface area contributed by atoms with Gasteiger partial charge in [0.1, 0.15) is 0 Å². The summed E-state index contributed by atoms with van der Waals surface area (Å²) >= 11 is 0. The molecule has 0 radical (unpaired) electrons. The first-order valence-electron chi connectivity index (χ1n) is 5.76. The van der Waals surface area contributed by atoms with E-state index < -0.39 is 11.9 Å². The average Bonchev–Trinajstić information content (AvgIpc) is 2.66. The summed E-state index contributed by atoms with van der Waals surface area (Å²) in [5, 5.41) is 11.9. The first kappa shape index (κ1) is 13.9. The Morgan fingerprint density at radius 2 is 2.18 bits per heavy atom. The Hall–Kier alpha value is -1.14. The number of aliphatic carboxylic acids is 1. The maximum absolute atomic E-state index is 11.8. The summed E-state index contributed by atoms with van der Waals surface area (Å²) in [6, 6.07) is 0. The van der Waals surface area contributed by atoms with Crippen LogP contribution in [-0.4, -0.2) is 61.8 Å². The van der Waals surface area contributed by atoms with Crippen LogP contribution in [-0.2, 0) is 14.3 Å². The highest BCUT2D eigenvalue weighted by Gasteiger charge is 2.36. The lowest BCUT2D eigenvalue weighted by Gasteiger charge is -2.16. The Bertz CT molecular complexity index is 283. The van der Waals surface area contributed by atoms with Crippen LogP contribution in [0.4, 0.5) is 0 Å². The number of likely N-dealkylation sites (tertiary alicyclic amines) is 1. The lowest BCUT2D eigenvalue weighted by molar-refractivity contribution is -0.142. The van der Waals surface area contributed by atoms with Crippen LogP contribution < -0.4 is 5.32 Å². The van der Waals surface area contributed by atoms with E-state index in [1.807, 2.05) is 6.92 Å². The van der Waals surface area contributed by atoms with Gasteiger partial charge in [0.2, 0.25) is 5.91 Å². The van der Waals surface area contributed by atoms with Crippen LogP contribution >= 0.6 is 0 Å². The molecule has 0 aliphatic carbocycles. The van der Waals surface area contributed by atoms with Crippen LogP contribution in [0.5, 0.6) is 0 Å². The second-order valence-electron chi connectivity index (χ2n) is 4.39. The summed E-state index contributed by atoms with van der Waals surface area (Å²) in [7, 11) is 1.60. The third kappa shape index (κ3) is 3.98. The molecule has 1 aliphatic rings. The second kappa shape index (κ2) is 6.56. The maximum Gasteiger partial charge on any atom is 0.308 e. The molecule has 2 N–H and O–H groups in total. The van der Waals surface area contributed by atoms with Gasteiger partial charge >= 0.3 is 5.97 Å². The summed E-state index contributed by atoms with van der Waals surface area (Å²) in [4.78, 5) is 24.3. The van der Waals surface area contributed by atoms with Crippen molar-refractivity contribution >= 4 is 11.9 Å². The molecule has 0 aromatic carbocycles. The molecule has 6 heteroatoms. The fourth-order valence-electron chi connectivity index (χ4n) is 1.97. The molecule has 1 amide bonds. The zero-order valence-electron chi connectivity index (χ0n) is 10.3. The van der Waals surface area contributed by atoms with E-state index in [4.69, 9.17) is 9.84 Å². The van der Waals surface area contributed by atoms with Gasteiger partial charge < -0.3 is 20.1 Å². The normalized spacial score (nSPS) is 24.0. The van der Waals surface area contributed by atoms with Crippen molar-refractivity contribution in [1.82, 2.24) is 10.2 Å². The Labute approximate surface area is 101 Å². The zero-order chi connectivity index (χ0) is 12.8. The van der Waals surface area contributed by atoms with E-state index in [0.29, 0.717) is 26.2 Å². The minimum absolute atomic E-state index is 0.0235. The first-order valence-corrected chi connectivity index (χ1v) is 5.76. The fraction of sp³-hybridized carbons (Fsp3) is 0.818. The molecule has 1 rings (SSSR count). The van der Waals surface area contributed by atoms with Gasteiger partial charge in [-0.3, -0.25) is 9.59 Å². The highest BCUT2D eigenvalue weighted by atomic mass is 16.5. The molecule has 1 saturated heterocycles. The number of nitrogens with zero attached hydrogens (tertiary/aromatic N) is 1. The van der Waals surface area contributed by atoms with Crippen LogP contribution in [0.1, 0.15) is 6.92 Å². The van der Waals surface area contributed by atoms with Gasteiger partial charge in [0.25, 0.3) is 0 Å². The van der Waals surface area contributed by atoms with Crippen molar-refractivity contribution in [2.45, 2.75) is 6.92 Å². The quantitative estimate of drug-likeness (QED) is 0.610. The van der Waals surface area contributed by atoms with Crippen molar-refractivity contribution in [3.05, 3.63) is 0 Å². The van der Waals surface area contributed by atoms with Crippen LogP contribution in [0.3, 0.4) is 0 Å². The molecule has 2 unspecified atom stereocenters. The summed E-state index contributed by atoms with van der Waals surface area (Å²) in [5.41, 5.74) is 0. The summed E-state index contributed by atoms with van der Waals surface area (Å²) in [6.07, 6.45) is 0. The Morgan fingerprint density at radius 1 is 1.47 bits per heavy atom. The molecule has 98 valence electrons. The van der Waals surface area contributed by atoms with Crippen LogP contribution in [0.2, 0.25) is 0 Å². The molecule has 1 aliphatic heterocycles. The van der Waals surface area contributed by atoms with Gasteiger partial charge in [-0.25, -0.2) is 0 Å². The molecule has 17 heavy (non-hydrogen) atoms. The standard InChI is InChI=1S/C11H20N2O4/c1-8-6-13(7-9(8)11(15)16)10(14)5-12-3-4-17-2/h8-9,12H,3-7H2,1-2H3,(H,15,16). The maximum atomic E-state index is 11.8. The van der Waals surface area contributed by atoms with Crippen LogP contribution in [0.25, 0.3) is 0 Å². The number of carbonyl (C=O) groups excluding carboxylic acids is 1. The van der Waals surface area contributed by atoms with E-state index in [2.05, 4.69) is 5.32 Å². The molecule has 2 atom stereocenters. The predicted octanol–water partition coefficient (Wildman–Crippen LogP) is -0.598. The van der Waals surface area contributed by atoms with Crippen LogP contribution in [0.15, 0.2) is 0 Å². The van der Waals surface area contributed by atoms with E-state index in [0.717, 1.165) is 0 Å². The third-order valence-electron chi connectivity index (χ3n) is 3.04.